The van der Waals surface area contributed by atoms with E-state index in [-0.39, 0.29) is 5.56 Å². The molecular formula is C22H26N6O. The van der Waals surface area contributed by atoms with Gasteiger partial charge in [0.05, 0.1) is 10.9 Å². The smallest absolute Gasteiger partial charge is 0.262 e. The van der Waals surface area contributed by atoms with Crippen LogP contribution in [0.3, 0.4) is 0 Å². The molecular weight excluding hydrogens is 364 g/mol. The maximum Gasteiger partial charge on any atom is 0.262 e. The molecule has 7 nitrogen and oxygen atoms in total. The summed E-state index contributed by atoms with van der Waals surface area (Å²) in [6.07, 6.45) is 2.41. The summed E-state index contributed by atoms with van der Waals surface area (Å²) in [7, 11) is 1.81. The lowest BCUT2D eigenvalue weighted by Gasteiger charge is -2.37. The Morgan fingerprint density at radius 2 is 1.62 bits per heavy atom. The van der Waals surface area contributed by atoms with E-state index < -0.39 is 0 Å². The Hall–Kier alpha value is -2.96. The van der Waals surface area contributed by atoms with Gasteiger partial charge in [0.1, 0.15) is 11.6 Å². The Morgan fingerprint density at radius 1 is 0.931 bits per heavy atom. The lowest BCUT2D eigenvalue weighted by atomic mass is 10.2. The van der Waals surface area contributed by atoms with Crippen LogP contribution in [0.1, 0.15) is 35.8 Å². The van der Waals surface area contributed by atoms with Crippen molar-refractivity contribution in [1.82, 2.24) is 19.5 Å². The normalized spacial score (nSPS) is 17.2. The SMILES string of the molecule is Cc1nc(C2CC2)nc(N2CCN(c3nc4ccccc4c(=O)n3C)CC2)c1C. The first-order valence-corrected chi connectivity index (χ1v) is 10.3. The second-order valence-corrected chi connectivity index (χ2v) is 8.16. The van der Waals surface area contributed by atoms with E-state index in [4.69, 9.17) is 15.0 Å². The van der Waals surface area contributed by atoms with Crippen molar-refractivity contribution < 1.29 is 0 Å². The van der Waals surface area contributed by atoms with Gasteiger partial charge in [0.25, 0.3) is 5.56 Å². The lowest BCUT2D eigenvalue weighted by Crippen LogP contribution is -2.49. The summed E-state index contributed by atoms with van der Waals surface area (Å²) in [5.74, 6) is 3.36. The molecule has 3 aromatic rings. The van der Waals surface area contributed by atoms with E-state index in [0.29, 0.717) is 11.3 Å². The van der Waals surface area contributed by atoms with Crippen molar-refractivity contribution in [1.29, 1.82) is 0 Å². The van der Waals surface area contributed by atoms with Gasteiger partial charge in [0.15, 0.2) is 0 Å². The third-order valence-electron chi connectivity index (χ3n) is 6.14. The molecule has 0 radical (unpaired) electrons. The molecule has 7 heteroatoms. The Bertz CT molecular complexity index is 1140. The van der Waals surface area contributed by atoms with E-state index in [9.17, 15) is 4.79 Å². The van der Waals surface area contributed by atoms with Crippen molar-refractivity contribution in [3.05, 3.63) is 51.7 Å². The number of piperazine rings is 1. The minimum Gasteiger partial charge on any atom is -0.353 e. The van der Waals surface area contributed by atoms with Crippen LogP contribution in [0.2, 0.25) is 0 Å². The lowest BCUT2D eigenvalue weighted by molar-refractivity contribution is 0.615. The van der Waals surface area contributed by atoms with Crippen molar-refractivity contribution in [2.45, 2.75) is 32.6 Å². The fourth-order valence-electron chi connectivity index (χ4n) is 4.07. The Kier molecular flexibility index (Phi) is 4.26. The van der Waals surface area contributed by atoms with Crippen LogP contribution in [-0.2, 0) is 7.05 Å². The maximum atomic E-state index is 12.7. The quantitative estimate of drug-likeness (QED) is 0.685. The van der Waals surface area contributed by atoms with Crippen LogP contribution < -0.4 is 15.4 Å². The molecule has 29 heavy (non-hydrogen) atoms. The van der Waals surface area contributed by atoms with E-state index in [1.807, 2.05) is 31.3 Å². The van der Waals surface area contributed by atoms with Gasteiger partial charge in [0, 0.05) is 50.4 Å². The van der Waals surface area contributed by atoms with Gasteiger partial charge in [-0.3, -0.25) is 9.36 Å². The highest BCUT2D eigenvalue weighted by Gasteiger charge is 2.29. The van der Waals surface area contributed by atoms with Crippen LogP contribution in [0, 0.1) is 13.8 Å². The number of nitrogens with zero attached hydrogens (tertiary/aromatic N) is 6. The molecule has 0 unspecified atom stereocenters. The van der Waals surface area contributed by atoms with Gasteiger partial charge in [-0.25, -0.2) is 15.0 Å². The molecule has 2 aromatic heterocycles. The summed E-state index contributed by atoms with van der Waals surface area (Å²) in [6, 6.07) is 7.55. The molecule has 0 amide bonds. The largest absolute Gasteiger partial charge is 0.353 e. The first kappa shape index (κ1) is 18.1. The average Bonchev–Trinajstić information content (AvgIpc) is 3.58. The Labute approximate surface area is 170 Å². The van der Waals surface area contributed by atoms with E-state index in [1.165, 1.54) is 18.4 Å². The zero-order chi connectivity index (χ0) is 20.1. The number of hydrogen-bond acceptors (Lipinski definition) is 6. The second-order valence-electron chi connectivity index (χ2n) is 8.16. The molecule has 150 valence electrons. The molecule has 0 atom stereocenters. The molecule has 1 aliphatic carbocycles. The highest BCUT2D eigenvalue weighted by Crippen LogP contribution is 2.39. The van der Waals surface area contributed by atoms with E-state index in [2.05, 4.69) is 23.6 Å². The summed E-state index contributed by atoms with van der Waals surface area (Å²) in [4.78, 5) is 31.7. The second kappa shape index (κ2) is 6.83. The van der Waals surface area contributed by atoms with Crippen LogP contribution in [-0.4, -0.2) is 45.7 Å². The highest BCUT2D eigenvalue weighted by molar-refractivity contribution is 5.78. The molecule has 1 saturated carbocycles. The van der Waals surface area contributed by atoms with Crippen LogP contribution >= 0.6 is 0 Å². The van der Waals surface area contributed by atoms with E-state index >= 15 is 0 Å². The molecule has 0 spiro atoms. The molecule has 2 aliphatic rings. The summed E-state index contributed by atoms with van der Waals surface area (Å²) >= 11 is 0. The molecule has 1 aliphatic heterocycles. The number of para-hydroxylation sites is 1. The fraction of sp³-hybridized carbons (Fsp3) is 0.455. The van der Waals surface area contributed by atoms with Gasteiger partial charge in [-0.05, 0) is 38.8 Å². The first-order valence-electron chi connectivity index (χ1n) is 10.3. The maximum absolute atomic E-state index is 12.7. The third kappa shape index (κ3) is 3.14. The zero-order valence-corrected chi connectivity index (χ0v) is 17.2. The molecule has 0 bridgehead atoms. The van der Waals surface area contributed by atoms with Crippen LogP contribution in [0.15, 0.2) is 29.1 Å². The van der Waals surface area contributed by atoms with Crippen molar-refractivity contribution in [2.75, 3.05) is 36.0 Å². The van der Waals surface area contributed by atoms with E-state index in [0.717, 1.165) is 55.0 Å². The van der Waals surface area contributed by atoms with Crippen molar-refractivity contribution in [3.63, 3.8) is 0 Å². The van der Waals surface area contributed by atoms with Gasteiger partial charge in [-0.2, -0.15) is 0 Å². The molecule has 3 heterocycles. The summed E-state index contributed by atoms with van der Waals surface area (Å²) in [5.41, 5.74) is 3.01. The number of benzene rings is 1. The Morgan fingerprint density at radius 3 is 2.34 bits per heavy atom. The first-order chi connectivity index (χ1) is 14.0. The molecule has 2 fully saturated rings. The minimum atomic E-state index is 0.00405. The Balaban J connectivity index is 1.41. The topological polar surface area (TPSA) is 67.2 Å². The number of aromatic nitrogens is 4. The number of anilines is 2. The van der Waals surface area contributed by atoms with Crippen molar-refractivity contribution in [3.8, 4) is 0 Å². The standard InChI is InChI=1S/C22H26N6O/c1-14-15(2)23-19(16-8-9-16)25-20(14)27-10-12-28(13-11-27)22-24-18-7-5-4-6-17(18)21(29)26(22)3/h4-7,16H,8-13H2,1-3H3. The average molecular weight is 390 g/mol. The summed E-state index contributed by atoms with van der Waals surface area (Å²) in [6.45, 7) is 7.51. The number of aryl methyl sites for hydroxylation is 1. The van der Waals surface area contributed by atoms with E-state index in [1.54, 1.807) is 4.57 Å². The predicted octanol–water partition coefficient (Wildman–Crippen LogP) is 2.54. The predicted molar refractivity (Wildman–Crippen MR) is 115 cm³/mol. The van der Waals surface area contributed by atoms with Gasteiger partial charge in [-0.15, -0.1) is 0 Å². The zero-order valence-electron chi connectivity index (χ0n) is 17.2. The van der Waals surface area contributed by atoms with Crippen LogP contribution in [0.5, 0.6) is 0 Å². The molecule has 1 saturated heterocycles. The highest BCUT2D eigenvalue weighted by atomic mass is 16.1. The molecule has 5 rings (SSSR count). The minimum absolute atomic E-state index is 0.00405. The summed E-state index contributed by atoms with van der Waals surface area (Å²) in [5, 5.41) is 0.664. The van der Waals surface area contributed by atoms with Gasteiger partial charge >= 0.3 is 0 Å². The monoisotopic (exact) mass is 390 g/mol. The van der Waals surface area contributed by atoms with Gasteiger partial charge in [0.2, 0.25) is 5.95 Å². The molecule has 1 aromatic carbocycles. The number of hydrogen-bond donors (Lipinski definition) is 0. The van der Waals surface area contributed by atoms with Crippen LogP contribution in [0.25, 0.3) is 10.9 Å². The third-order valence-corrected chi connectivity index (χ3v) is 6.14. The number of rotatable bonds is 3. The summed E-state index contributed by atoms with van der Waals surface area (Å²) < 4.78 is 1.67. The fourth-order valence-corrected chi connectivity index (χ4v) is 4.07. The van der Waals surface area contributed by atoms with Gasteiger partial charge in [-0.1, -0.05) is 12.1 Å². The van der Waals surface area contributed by atoms with Crippen molar-refractivity contribution >= 4 is 22.7 Å². The molecule has 0 N–H and O–H groups in total. The van der Waals surface area contributed by atoms with Gasteiger partial charge < -0.3 is 9.80 Å². The van der Waals surface area contributed by atoms with Crippen molar-refractivity contribution in [2.24, 2.45) is 7.05 Å². The number of fused-ring (bicyclic) bond motifs is 1. The van der Waals surface area contributed by atoms with Crippen LogP contribution in [0.4, 0.5) is 11.8 Å².